The van der Waals surface area contributed by atoms with Crippen molar-refractivity contribution in [1.82, 2.24) is 20.1 Å². The number of aryl methyl sites for hydroxylation is 1. The van der Waals surface area contributed by atoms with E-state index < -0.39 is 12.1 Å². The van der Waals surface area contributed by atoms with E-state index in [9.17, 15) is 18.0 Å². The summed E-state index contributed by atoms with van der Waals surface area (Å²) in [5.41, 5.74) is 4.79. The summed E-state index contributed by atoms with van der Waals surface area (Å²) in [7, 11) is 3.81. The molecule has 8 nitrogen and oxygen atoms in total. The number of hydrogen-bond acceptors (Lipinski definition) is 6. The van der Waals surface area contributed by atoms with E-state index in [1.807, 2.05) is 42.5 Å². The van der Waals surface area contributed by atoms with E-state index in [1.54, 1.807) is 19.5 Å². The van der Waals surface area contributed by atoms with Crippen LogP contribution in [0.2, 0.25) is 0 Å². The van der Waals surface area contributed by atoms with Gasteiger partial charge in [-0.15, -0.1) is 0 Å². The number of nitrogens with zero attached hydrogens (tertiary/aromatic N) is 3. The van der Waals surface area contributed by atoms with Gasteiger partial charge in [-0.2, -0.15) is 13.2 Å². The van der Waals surface area contributed by atoms with Crippen LogP contribution < -0.4 is 10.1 Å². The number of carbonyl (C=O) groups excluding carboxylic acids is 1. The second kappa shape index (κ2) is 13.9. The maximum Gasteiger partial charge on any atom is 0.490 e. The number of ether oxygens (including phenoxy) is 1. The van der Waals surface area contributed by atoms with Crippen LogP contribution in [-0.2, 0) is 4.79 Å². The highest BCUT2D eigenvalue weighted by Crippen LogP contribution is 2.23. The molecule has 2 N–H and O–H groups in total. The number of carbonyl (C=O) groups is 2. The Balaban J connectivity index is 0.000000559. The zero-order chi connectivity index (χ0) is 29.3. The van der Waals surface area contributed by atoms with Crippen molar-refractivity contribution in [1.29, 1.82) is 0 Å². The molecule has 1 aliphatic heterocycles. The molecule has 0 spiro atoms. The molecule has 214 valence electrons. The van der Waals surface area contributed by atoms with Crippen molar-refractivity contribution in [2.24, 2.45) is 0 Å². The first-order chi connectivity index (χ1) is 19.0. The van der Waals surface area contributed by atoms with Gasteiger partial charge < -0.3 is 20.1 Å². The Bertz CT molecular complexity index is 1280. The minimum absolute atomic E-state index is 0.119. The lowest BCUT2D eigenvalue weighted by Gasteiger charge is -2.35. The molecule has 40 heavy (non-hydrogen) atoms. The summed E-state index contributed by atoms with van der Waals surface area (Å²) in [5.74, 6) is -2.07. The highest BCUT2D eigenvalue weighted by atomic mass is 19.4. The van der Waals surface area contributed by atoms with Gasteiger partial charge in [-0.1, -0.05) is 42.0 Å². The summed E-state index contributed by atoms with van der Waals surface area (Å²) >= 11 is 0. The smallest absolute Gasteiger partial charge is 0.490 e. The molecular weight excluding hydrogens is 525 g/mol. The Morgan fingerprint density at radius 2 is 1.68 bits per heavy atom. The Morgan fingerprint density at radius 1 is 1.02 bits per heavy atom. The molecule has 1 atom stereocenters. The SMILES string of the molecule is COc1ccc(C(CN2CCN(C)CC2)NC(=O)c2cncc(-c3cccc(C)c3)c2)cc1.O=C(O)C(F)(F)F. The molecule has 0 aliphatic carbocycles. The summed E-state index contributed by atoms with van der Waals surface area (Å²) < 4.78 is 37.0. The number of aliphatic carboxylic acids is 1. The number of carboxylic acids is 1. The number of piperazine rings is 1. The Kier molecular flexibility index (Phi) is 10.6. The lowest BCUT2D eigenvalue weighted by Crippen LogP contribution is -2.47. The predicted molar refractivity (Wildman–Crippen MR) is 145 cm³/mol. The van der Waals surface area contributed by atoms with Crippen LogP contribution in [0.25, 0.3) is 11.1 Å². The molecule has 1 amide bonds. The van der Waals surface area contributed by atoms with Crippen molar-refractivity contribution in [3.63, 3.8) is 0 Å². The molecule has 1 aliphatic rings. The molecule has 1 unspecified atom stereocenters. The number of pyridine rings is 1. The first-order valence-electron chi connectivity index (χ1n) is 12.6. The first kappa shape index (κ1) is 30.6. The van der Waals surface area contributed by atoms with E-state index in [0.29, 0.717) is 5.56 Å². The molecule has 1 fully saturated rings. The molecule has 2 heterocycles. The van der Waals surface area contributed by atoms with E-state index in [2.05, 4.69) is 46.2 Å². The fourth-order valence-corrected chi connectivity index (χ4v) is 4.15. The molecule has 0 saturated carbocycles. The van der Waals surface area contributed by atoms with Crippen LogP contribution in [0.15, 0.2) is 67.0 Å². The van der Waals surface area contributed by atoms with Gasteiger partial charge in [0.15, 0.2) is 0 Å². The van der Waals surface area contributed by atoms with Crippen molar-refractivity contribution in [2.45, 2.75) is 19.1 Å². The number of amides is 1. The lowest BCUT2D eigenvalue weighted by molar-refractivity contribution is -0.192. The topological polar surface area (TPSA) is 95.0 Å². The second-order valence-electron chi connectivity index (χ2n) is 9.54. The summed E-state index contributed by atoms with van der Waals surface area (Å²) in [6.07, 6.45) is -1.65. The predicted octanol–water partition coefficient (Wildman–Crippen LogP) is 4.42. The summed E-state index contributed by atoms with van der Waals surface area (Å²) in [4.78, 5) is 31.3. The largest absolute Gasteiger partial charge is 0.497 e. The quantitative estimate of drug-likeness (QED) is 0.444. The number of carboxylic acid groups (broad SMARTS) is 1. The molecule has 1 saturated heterocycles. The van der Waals surface area contributed by atoms with Crippen molar-refractivity contribution in [2.75, 3.05) is 46.9 Å². The summed E-state index contributed by atoms with van der Waals surface area (Å²) in [6.45, 7) is 6.87. The molecule has 11 heteroatoms. The third-order valence-corrected chi connectivity index (χ3v) is 6.45. The third-order valence-electron chi connectivity index (χ3n) is 6.45. The van der Waals surface area contributed by atoms with Crippen LogP contribution in [-0.4, -0.2) is 84.8 Å². The number of benzene rings is 2. The summed E-state index contributed by atoms with van der Waals surface area (Å²) in [5, 5.41) is 10.4. The van der Waals surface area contributed by atoms with E-state index >= 15 is 0 Å². The van der Waals surface area contributed by atoms with Gasteiger partial charge in [-0.05, 0) is 43.3 Å². The lowest BCUT2D eigenvalue weighted by atomic mass is 10.0. The van der Waals surface area contributed by atoms with Gasteiger partial charge in [0, 0.05) is 50.7 Å². The van der Waals surface area contributed by atoms with Crippen molar-refractivity contribution in [3.8, 4) is 16.9 Å². The Morgan fingerprint density at radius 3 is 2.25 bits per heavy atom. The number of methoxy groups -OCH3 is 1. The fourth-order valence-electron chi connectivity index (χ4n) is 4.15. The standard InChI is InChI=1S/C27H32N4O2.C2HF3O2/c1-20-5-4-6-22(15-20)23-16-24(18-28-17-23)27(32)29-26(19-31-13-11-30(2)12-14-31)21-7-9-25(33-3)10-8-21;3-2(4,5)1(6)7/h4-10,15-18,26H,11-14,19H2,1-3H3,(H,29,32);(H,6,7). The van der Waals surface area contributed by atoms with Gasteiger partial charge in [0.05, 0.1) is 18.7 Å². The van der Waals surface area contributed by atoms with Crippen molar-refractivity contribution in [3.05, 3.63) is 83.7 Å². The van der Waals surface area contributed by atoms with Gasteiger partial charge in [-0.3, -0.25) is 14.7 Å². The number of rotatable bonds is 7. The average molecular weight is 559 g/mol. The minimum atomic E-state index is -5.08. The monoisotopic (exact) mass is 558 g/mol. The molecule has 0 bridgehead atoms. The number of likely N-dealkylation sites (N-methyl/N-ethyl adjacent to an activating group) is 1. The number of nitrogens with one attached hydrogen (secondary N) is 1. The van der Waals surface area contributed by atoms with Crippen LogP contribution in [0, 0.1) is 6.92 Å². The van der Waals surface area contributed by atoms with Crippen LogP contribution in [0.5, 0.6) is 5.75 Å². The molecule has 2 aromatic carbocycles. The number of aromatic nitrogens is 1. The Labute approximate surface area is 231 Å². The zero-order valence-electron chi connectivity index (χ0n) is 22.6. The number of alkyl halides is 3. The maximum atomic E-state index is 13.3. The second-order valence-corrected chi connectivity index (χ2v) is 9.54. The fraction of sp³-hybridized carbons (Fsp3) is 0.345. The zero-order valence-corrected chi connectivity index (χ0v) is 22.6. The summed E-state index contributed by atoms with van der Waals surface area (Å²) in [6, 6.07) is 18.0. The van der Waals surface area contributed by atoms with E-state index in [4.69, 9.17) is 14.6 Å². The van der Waals surface area contributed by atoms with Crippen molar-refractivity contribution < 1.29 is 32.6 Å². The van der Waals surface area contributed by atoms with Gasteiger partial charge >= 0.3 is 12.1 Å². The first-order valence-corrected chi connectivity index (χ1v) is 12.6. The van der Waals surface area contributed by atoms with E-state index in [0.717, 1.165) is 55.2 Å². The van der Waals surface area contributed by atoms with Gasteiger partial charge in [-0.25, -0.2) is 4.79 Å². The van der Waals surface area contributed by atoms with Gasteiger partial charge in [0.2, 0.25) is 0 Å². The van der Waals surface area contributed by atoms with Gasteiger partial charge in [0.1, 0.15) is 5.75 Å². The molecular formula is C29H33F3N4O4. The number of hydrogen-bond donors (Lipinski definition) is 2. The molecule has 1 aromatic heterocycles. The Hall–Kier alpha value is -3.96. The molecule has 3 aromatic rings. The molecule has 4 rings (SSSR count). The number of halogens is 3. The van der Waals surface area contributed by atoms with Crippen molar-refractivity contribution >= 4 is 11.9 Å². The van der Waals surface area contributed by atoms with Crippen LogP contribution in [0.4, 0.5) is 13.2 Å². The highest BCUT2D eigenvalue weighted by molar-refractivity contribution is 5.95. The van der Waals surface area contributed by atoms with E-state index in [-0.39, 0.29) is 11.9 Å². The van der Waals surface area contributed by atoms with Crippen LogP contribution in [0.1, 0.15) is 27.5 Å². The maximum absolute atomic E-state index is 13.3. The van der Waals surface area contributed by atoms with Gasteiger partial charge in [0.25, 0.3) is 5.91 Å². The normalized spacial score (nSPS) is 14.9. The minimum Gasteiger partial charge on any atom is -0.497 e. The highest BCUT2D eigenvalue weighted by Gasteiger charge is 2.38. The van der Waals surface area contributed by atoms with Crippen LogP contribution in [0.3, 0.4) is 0 Å². The average Bonchev–Trinajstić information content (AvgIpc) is 2.94. The van der Waals surface area contributed by atoms with E-state index in [1.165, 1.54) is 5.56 Å². The third kappa shape index (κ3) is 9.06. The molecule has 0 radical (unpaired) electrons. The van der Waals surface area contributed by atoms with Crippen LogP contribution >= 0.6 is 0 Å².